The maximum atomic E-state index is 11.9. The highest BCUT2D eigenvalue weighted by molar-refractivity contribution is 7.99. The molecule has 4 nitrogen and oxygen atoms in total. The van der Waals surface area contributed by atoms with Crippen LogP contribution in [0, 0.1) is 6.92 Å². The summed E-state index contributed by atoms with van der Waals surface area (Å²) in [7, 11) is 0. The molecule has 0 saturated heterocycles. The zero-order valence-corrected chi connectivity index (χ0v) is 14.5. The van der Waals surface area contributed by atoms with Crippen molar-refractivity contribution in [1.29, 1.82) is 0 Å². The summed E-state index contributed by atoms with van der Waals surface area (Å²) in [5.74, 6) is 1.81. The van der Waals surface area contributed by atoms with Crippen LogP contribution in [0.4, 0.5) is 0 Å². The SMILES string of the molecule is Cc1ccc(SCCNC(=O)CCc2nc3ccccc3[nH]2)cc1. The Balaban J connectivity index is 1.37. The highest BCUT2D eigenvalue weighted by Crippen LogP contribution is 2.17. The summed E-state index contributed by atoms with van der Waals surface area (Å²) in [5, 5.41) is 2.97. The fourth-order valence-corrected chi connectivity index (χ4v) is 3.21. The van der Waals surface area contributed by atoms with E-state index in [1.165, 1.54) is 10.5 Å². The van der Waals surface area contributed by atoms with E-state index in [2.05, 4.69) is 46.5 Å². The lowest BCUT2D eigenvalue weighted by Crippen LogP contribution is -2.26. The van der Waals surface area contributed by atoms with Gasteiger partial charge in [0.05, 0.1) is 11.0 Å². The van der Waals surface area contributed by atoms with E-state index >= 15 is 0 Å². The molecular weight excluding hydrogens is 318 g/mol. The van der Waals surface area contributed by atoms with Gasteiger partial charge in [-0.25, -0.2) is 4.98 Å². The fourth-order valence-electron chi connectivity index (χ4n) is 2.44. The minimum atomic E-state index is 0.0694. The van der Waals surface area contributed by atoms with Crippen molar-refractivity contribution in [3.8, 4) is 0 Å². The number of hydrogen-bond acceptors (Lipinski definition) is 3. The molecule has 2 N–H and O–H groups in total. The lowest BCUT2D eigenvalue weighted by molar-refractivity contribution is -0.120. The fraction of sp³-hybridized carbons (Fsp3) is 0.263. The van der Waals surface area contributed by atoms with Crippen LogP contribution in [0.2, 0.25) is 0 Å². The van der Waals surface area contributed by atoms with Crippen molar-refractivity contribution in [2.75, 3.05) is 12.3 Å². The molecule has 24 heavy (non-hydrogen) atoms. The molecule has 0 atom stereocenters. The van der Waals surface area contributed by atoms with E-state index in [9.17, 15) is 4.79 Å². The van der Waals surface area contributed by atoms with Crippen LogP contribution in [0.5, 0.6) is 0 Å². The Labute approximate surface area is 146 Å². The molecule has 0 bridgehead atoms. The molecular formula is C19H21N3OS. The number of fused-ring (bicyclic) bond motifs is 1. The van der Waals surface area contributed by atoms with Gasteiger partial charge in [-0.1, -0.05) is 29.8 Å². The van der Waals surface area contributed by atoms with Gasteiger partial charge in [-0.15, -0.1) is 11.8 Å². The van der Waals surface area contributed by atoms with Crippen molar-refractivity contribution in [2.24, 2.45) is 0 Å². The maximum Gasteiger partial charge on any atom is 0.220 e. The molecule has 2 aromatic carbocycles. The predicted octanol–water partition coefficient (Wildman–Crippen LogP) is 3.71. The lowest BCUT2D eigenvalue weighted by atomic mass is 10.2. The second-order valence-electron chi connectivity index (χ2n) is 5.71. The predicted molar refractivity (Wildman–Crippen MR) is 99.3 cm³/mol. The first-order valence-corrected chi connectivity index (χ1v) is 9.09. The van der Waals surface area contributed by atoms with E-state index in [1.54, 1.807) is 11.8 Å². The molecule has 1 aromatic heterocycles. The quantitative estimate of drug-likeness (QED) is 0.509. The summed E-state index contributed by atoms with van der Waals surface area (Å²) in [5.41, 5.74) is 3.23. The third-order valence-electron chi connectivity index (χ3n) is 3.74. The van der Waals surface area contributed by atoms with Crippen molar-refractivity contribution >= 4 is 28.7 Å². The van der Waals surface area contributed by atoms with Crippen LogP contribution in [0.1, 0.15) is 17.8 Å². The van der Waals surface area contributed by atoms with Crippen molar-refractivity contribution in [3.05, 3.63) is 59.9 Å². The summed E-state index contributed by atoms with van der Waals surface area (Å²) in [4.78, 5) is 20.9. The number of carbonyl (C=O) groups is 1. The highest BCUT2D eigenvalue weighted by Gasteiger charge is 2.06. The van der Waals surface area contributed by atoms with Crippen molar-refractivity contribution in [1.82, 2.24) is 15.3 Å². The third kappa shape index (κ3) is 4.61. The molecule has 0 radical (unpaired) electrons. The number of H-pyrrole nitrogens is 1. The number of carbonyl (C=O) groups excluding carboxylic acids is 1. The van der Waals surface area contributed by atoms with Crippen molar-refractivity contribution < 1.29 is 4.79 Å². The van der Waals surface area contributed by atoms with Crippen molar-refractivity contribution in [2.45, 2.75) is 24.7 Å². The number of benzene rings is 2. The number of aromatic amines is 1. The van der Waals surface area contributed by atoms with E-state index in [4.69, 9.17) is 0 Å². The number of amides is 1. The summed E-state index contributed by atoms with van der Waals surface area (Å²) in [6, 6.07) is 16.3. The number of hydrogen-bond donors (Lipinski definition) is 2. The van der Waals surface area contributed by atoms with Crippen molar-refractivity contribution in [3.63, 3.8) is 0 Å². The number of nitrogens with zero attached hydrogens (tertiary/aromatic N) is 1. The standard InChI is InChI=1S/C19H21N3OS/c1-14-6-8-15(9-7-14)24-13-12-20-19(23)11-10-18-21-16-4-2-3-5-17(16)22-18/h2-9H,10-13H2,1H3,(H,20,23)(H,21,22). The van der Waals surface area contributed by atoms with E-state index in [1.807, 2.05) is 24.3 Å². The van der Waals surface area contributed by atoms with Crippen LogP contribution in [-0.4, -0.2) is 28.2 Å². The van der Waals surface area contributed by atoms with Gasteiger partial charge in [0.1, 0.15) is 5.82 Å². The van der Waals surface area contributed by atoms with Gasteiger partial charge in [0.25, 0.3) is 0 Å². The van der Waals surface area contributed by atoms with Gasteiger partial charge in [-0.3, -0.25) is 4.79 Å². The molecule has 0 fully saturated rings. The Hall–Kier alpha value is -2.27. The topological polar surface area (TPSA) is 57.8 Å². The van der Waals surface area contributed by atoms with Gasteiger partial charge in [0, 0.05) is 30.0 Å². The van der Waals surface area contributed by atoms with Gasteiger partial charge in [-0.2, -0.15) is 0 Å². The summed E-state index contributed by atoms with van der Waals surface area (Å²) in [6.45, 7) is 2.76. The Morgan fingerprint density at radius 1 is 1.17 bits per heavy atom. The van der Waals surface area contributed by atoms with E-state index < -0.39 is 0 Å². The Kier molecular flexibility index (Phi) is 5.54. The summed E-state index contributed by atoms with van der Waals surface area (Å²) in [6.07, 6.45) is 1.08. The van der Waals surface area contributed by atoms with E-state index in [-0.39, 0.29) is 5.91 Å². The Morgan fingerprint density at radius 2 is 1.96 bits per heavy atom. The average Bonchev–Trinajstić information content (AvgIpc) is 3.01. The number of rotatable bonds is 7. The van der Waals surface area contributed by atoms with Crippen LogP contribution in [-0.2, 0) is 11.2 Å². The Morgan fingerprint density at radius 3 is 2.75 bits per heavy atom. The highest BCUT2D eigenvalue weighted by atomic mass is 32.2. The minimum Gasteiger partial charge on any atom is -0.355 e. The zero-order valence-electron chi connectivity index (χ0n) is 13.7. The van der Waals surface area contributed by atoms with Gasteiger partial charge in [-0.05, 0) is 31.2 Å². The lowest BCUT2D eigenvalue weighted by Gasteiger charge is -2.05. The van der Waals surface area contributed by atoms with Gasteiger partial charge >= 0.3 is 0 Å². The number of imidazole rings is 1. The maximum absolute atomic E-state index is 11.9. The molecule has 0 aliphatic carbocycles. The van der Waals surface area contributed by atoms with Gasteiger partial charge in [0.15, 0.2) is 0 Å². The number of thioether (sulfide) groups is 1. The first-order chi connectivity index (χ1) is 11.7. The van der Waals surface area contributed by atoms with E-state index in [0.29, 0.717) is 19.4 Å². The van der Waals surface area contributed by atoms with Gasteiger partial charge < -0.3 is 10.3 Å². The second kappa shape index (κ2) is 8.02. The van der Waals surface area contributed by atoms with E-state index in [0.717, 1.165) is 22.6 Å². The number of nitrogens with one attached hydrogen (secondary N) is 2. The molecule has 3 rings (SSSR count). The number of aryl methyl sites for hydroxylation is 2. The summed E-state index contributed by atoms with van der Waals surface area (Å²) >= 11 is 1.76. The van der Waals surface area contributed by atoms with Gasteiger partial charge in [0.2, 0.25) is 5.91 Å². The summed E-state index contributed by atoms with van der Waals surface area (Å²) < 4.78 is 0. The first kappa shape index (κ1) is 16.6. The average molecular weight is 339 g/mol. The van der Waals surface area contributed by atoms with Crippen LogP contribution < -0.4 is 5.32 Å². The largest absolute Gasteiger partial charge is 0.355 e. The first-order valence-electron chi connectivity index (χ1n) is 8.10. The molecule has 1 heterocycles. The van der Waals surface area contributed by atoms with Crippen LogP contribution >= 0.6 is 11.8 Å². The smallest absolute Gasteiger partial charge is 0.220 e. The van der Waals surface area contributed by atoms with Crippen LogP contribution in [0.3, 0.4) is 0 Å². The zero-order chi connectivity index (χ0) is 16.8. The van der Waals surface area contributed by atoms with Crippen LogP contribution in [0.15, 0.2) is 53.4 Å². The normalized spacial score (nSPS) is 10.9. The minimum absolute atomic E-state index is 0.0694. The number of para-hydroxylation sites is 2. The molecule has 3 aromatic rings. The molecule has 5 heteroatoms. The second-order valence-corrected chi connectivity index (χ2v) is 6.88. The molecule has 124 valence electrons. The molecule has 0 spiro atoms. The third-order valence-corrected chi connectivity index (χ3v) is 4.75. The monoisotopic (exact) mass is 339 g/mol. The molecule has 0 aliphatic heterocycles. The molecule has 1 amide bonds. The molecule has 0 saturated carbocycles. The van der Waals surface area contributed by atoms with Crippen LogP contribution in [0.25, 0.3) is 11.0 Å². The number of aromatic nitrogens is 2. The Bertz CT molecular complexity index is 778. The molecule has 0 aliphatic rings. The molecule has 0 unspecified atom stereocenters.